The Morgan fingerprint density at radius 2 is 2.40 bits per heavy atom. The van der Waals surface area contributed by atoms with Crippen LogP contribution < -0.4 is 5.73 Å². The van der Waals surface area contributed by atoms with Crippen LogP contribution >= 0.6 is 11.6 Å². The Balaban J connectivity index is 2.64. The van der Waals surface area contributed by atoms with Crippen LogP contribution in [0, 0.1) is 6.92 Å². The fourth-order valence-corrected chi connectivity index (χ4v) is 1.45. The van der Waals surface area contributed by atoms with Crippen LogP contribution in [0.1, 0.15) is 16.1 Å². The number of ketones is 1. The Morgan fingerprint density at radius 1 is 1.67 bits per heavy atom. The van der Waals surface area contributed by atoms with Crippen molar-refractivity contribution >= 4 is 23.2 Å². The van der Waals surface area contributed by atoms with Gasteiger partial charge in [0.1, 0.15) is 5.15 Å². The summed E-state index contributed by atoms with van der Waals surface area (Å²) in [6.45, 7) is 1.74. The number of hydrogen-bond donors (Lipinski definition) is 1. The van der Waals surface area contributed by atoms with Crippen molar-refractivity contribution in [2.75, 3.05) is 6.54 Å². The van der Waals surface area contributed by atoms with Gasteiger partial charge in [0, 0.05) is 12.4 Å². The van der Waals surface area contributed by atoms with Gasteiger partial charge in [0.15, 0.2) is 5.78 Å². The Hall–Kier alpha value is -1.46. The van der Waals surface area contributed by atoms with E-state index >= 15 is 0 Å². The fraction of sp³-hybridized carbons (Fsp3) is 0.222. The number of Topliss-reactive ketones (excluding diaryl/α,β-unsaturated/α-hetero) is 1. The van der Waals surface area contributed by atoms with Crippen LogP contribution in [0.2, 0.25) is 5.15 Å². The predicted octanol–water partition coefficient (Wildman–Crippen LogP) is 0.833. The summed E-state index contributed by atoms with van der Waals surface area (Å²) < 4.78 is 1.57. The van der Waals surface area contributed by atoms with Gasteiger partial charge < -0.3 is 5.73 Å². The maximum atomic E-state index is 11.3. The third-order valence-electron chi connectivity index (χ3n) is 2.09. The van der Waals surface area contributed by atoms with Crippen LogP contribution in [0.25, 0.3) is 5.78 Å². The SMILES string of the molecule is Cc1nc2ncc(C(=O)CN)cn2c1Cl. The molecule has 0 unspecified atom stereocenters. The molecule has 0 fully saturated rings. The summed E-state index contributed by atoms with van der Waals surface area (Å²) in [6, 6.07) is 0. The van der Waals surface area contributed by atoms with E-state index in [1.165, 1.54) is 6.20 Å². The van der Waals surface area contributed by atoms with E-state index in [-0.39, 0.29) is 12.3 Å². The number of nitrogens with zero attached hydrogens (tertiary/aromatic N) is 3. The molecule has 2 aromatic rings. The van der Waals surface area contributed by atoms with E-state index in [2.05, 4.69) is 9.97 Å². The van der Waals surface area contributed by atoms with Crippen LogP contribution in [-0.2, 0) is 0 Å². The molecular formula is C9H9ClN4O. The fourth-order valence-electron chi connectivity index (χ4n) is 1.28. The minimum Gasteiger partial charge on any atom is -0.324 e. The predicted molar refractivity (Wildman–Crippen MR) is 56.1 cm³/mol. The monoisotopic (exact) mass is 224 g/mol. The van der Waals surface area contributed by atoms with Gasteiger partial charge in [-0.15, -0.1) is 0 Å². The number of carbonyl (C=O) groups excluding carboxylic acids is 1. The highest BCUT2D eigenvalue weighted by Gasteiger charge is 2.10. The number of carbonyl (C=O) groups is 1. The molecule has 0 aromatic carbocycles. The lowest BCUT2D eigenvalue weighted by atomic mass is 10.2. The molecule has 0 saturated heterocycles. The second-order valence-corrected chi connectivity index (χ2v) is 3.49. The first-order valence-electron chi connectivity index (χ1n) is 4.37. The molecule has 0 spiro atoms. The van der Waals surface area contributed by atoms with Crippen molar-refractivity contribution in [1.29, 1.82) is 0 Å². The van der Waals surface area contributed by atoms with Gasteiger partial charge in [-0.05, 0) is 6.92 Å². The van der Waals surface area contributed by atoms with Crippen molar-refractivity contribution in [2.24, 2.45) is 5.73 Å². The van der Waals surface area contributed by atoms with Crippen molar-refractivity contribution in [2.45, 2.75) is 6.92 Å². The highest BCUT2D eigenvalue weighted by molar-refractivity contribution is 6.30. The quantitative estimate of drug-likeness (QED) is 0.767. The Bertz CT molecular complexity index is 534. The molecule has 2 rings (SSSR count). The zero-order valence-corrected chi connectivity index (χ0v) is 8.82. The smallest absolute Gasteiger partial charge is 0.235 e. The molecule has 0 saturated carbocycles. The summed E-state index contributed by atoms with van der Waals surface area (Å²) in [7, 11) is 0. The van der Waals surface area contributed by atoms with Crippen molar-refractivity contribution in [3.63, 3.8) is 0 Å². The van der Waals surface area contributed by atoms with Crippen molar-refractivity contribution in [1.82, 2.24) is 14.4 Å². The third kappa shape index (κ3) is 1.60. The summed E-state index contributed by atoms with van der Waals surface area (Å²) in [6.07, 6.45) is 3.05. The number of imidazole rings is 1. The Kier molecular flexibility index (Phi) is 2.42. The molecule has 5 nitrogen and oxygen atoms in total. The Morgan fingerprint density at radius 3 is 3.07 bits per heavy atom. The average Bonchev–Trinajstić information content (AvgIpc) is 2.54. The van der Waals surface area contributed by atoms with Gasteiger partial charge in [0.2, 0.25) is 5.78 Å². The van der Waals surface area contributed by atoms with Gasteiger partial charge in [-0.1, -0.05) is 11.6 Å². The van der Waals surface area contributed by atoms with E-state index < -0.39 is 0 Å². The molecule has 0 bridgehead atoms. The first kappa shape index (κ1) is 10.1. The van der Waals surface area contributed by atoms with E-state index in [1.54, 1.807) is 17.5 Å². The lowest BCUT2D eigenvalue weighted by Gasteiger charge is -1.99. The summed E-state index contributed by atoms with van der Waals surface area (Å²) >= 11 is 5.98. The van der Waals surface area contributed by atoms with Gasteiger partial charge in [0.25, 0.3) is 0 Å². The average molecular weight is 225 g/mol. The lowest BCUT2D eigenvalue weighted by molar-refractivity contribution is 0.100. The number of aromatic nitrogens is 3. The highest BCUT2D eigenvalue weighted by Crippen LogP contribution is 2.16. The number of halogens is 1. The van der Waals surface area contributed by atoms with Crippen LogP contribution in [0.15, 0.2) is 12.4 Å². The molecule has 2 aromatic heterocycles. The van der Waals surface area contributed by atoms with Crippen LogP contribution in [0.5, 0.6) is 0 Å². The summed E-state index contributed by atoms with van der Waals surface area (Å²) in [5.41, 5.74) is 6.37. The van der Waals surface area contributed by atoms with Crippen molar-refractivity contribution in [3.8, 4) is 0 Å². The number of rotatable bonds is 2. The zero-order valence-electron chi connectivity index (χ0n) is 8.07. The van der Waals surface area contributed by atoms with Crippen molar-refractivity contribution in [3.05, 3.63) is 28.8 Å². The summed E-state index contributed by atoms with van der Waals surface area (Å²) in [5.74, 6) is 0.304. The van der Waals surface area contributed by atoms with Crippen molar-refractivity contribution < 1.29 is 4.79 Å². The highest BCUT2D eigenvalue weighted by atomic mass is 35.5. The van der Waals surface area contributed by atoms with E-state index in [4.69, 9.17) is 17.3 Å². The van der Waals surface area contributed by atoms with Crippen LogP contribution in [0.4, 0.5) is 0 Å². The maximum absolute atomic E-state index is 11.3. The zero-order chi connectivity index (χ0) is 11.0. The van der Waals surface area contributed by atoms with E-state index in [9.17, 15) is 4.79 Å². The second kappa shape index (κ2) is 3.60. The molecular weight excluding hydrogens is 216 g/mol. The normalized spacial score (nSPS) is 10.9. The van der Waals surface area contributed by atoms with Crippen LogP contribution in [0.3, 0.4) is 0 Å². The molecule has 0 aliphatic heterocycles. The van der Waals surface area contributed by atoms with E-state index in [1.807, 2.05) is 0 Å². The molecule has 15 heavy (non-hydrogen) atoms. The van der Waals surface area contributed by atoms with E-state index in [0.717, 1.165) is 0 Å². The molecule has 6 heteroatoms. The summed E-state index contributed by atoms with van der Waals surface area (Å²) in [4.78, 5) is 19.5. The number of fused-ring (bicyclic) bond motifs is 1. The molecule has 0 aliphatic carbocycles. The molecule has 0 amide bonds. The minimum absolute atomic E-state index is 0.0432. The maximum Gasteiger partial charge on any atom is 0.235 e. The largest absolute Gasteiger partial charge is 0.324 e. The first-order chi connectivity index (χ1) is 7.13. The Labute approximate surface area is 90.9 Å². The first-order valence-corrected chi connectivity index (χ1v) is 4.74. The van der Waals surface area contributed by atoms with E-state index in [0.29, 0.717) is 22.2 Å². The van der Waals surface area contributed by atoms with Gasteiger partial charge in [-0.25, -0.2) is 9.97 Å². The second-order valence-electron chi connectivity index (χ2n) is 3.13. The van der Waals surface area contributed by atoms with Gasteiger partial charge in [0.05, 0.1) is 17.8 Å². The van der Waals surface area contributed by atoms with Gasteiger partial charge in [-0.2, -0.15) is 0 Å². The lowest BCUT2D eigenvalue weighted by Crippen LogP contribution is -2.14. The van der Waals surface area contributed by atoms with Gasteiger partial charge >= 0.3 is 0 Å². The standard InChI is InChI=1S/C9H9ClN4O/c1-5-8(10)14-4-6(7(15)2-11)3-12-9(14)13-5/h3-4H,2,11H2,1H3. The number of nitrogens with two attached hydrogens (primary N) is 1. The topological polar surface area (TPSA) is 73.3 Å². The molecule has 2 heterocycles. The summed E-state index contributed by atoms with van der Waals surface area (Å²) in [5, 5.41) is 0.462. The number of aryl methyl sites for hydroxylation is 1. The third-order valence-corrected chi connectivity index (χ3v) is 2.54. The molecule has 2 N–H and O–H groups in total. The molecule has 78 valence electrons. The molecule has 0 radical (unpaired) electrons. The molecule has 0 aliphatic rings. The van der Waals surface area contributed by atoms with Gasteiger partial charge in [-0.3, -0.25) is 9.20 Å². The van der Waals surface area contributed by atoms with Crippen LogP contribution in [-0.4, -0.2) is 26.7 Å². The minimum atomic E-state index is -0.174. The number of hydrogen-bond acceptors (Lipinski definition) is 4. The molecule has 0 atom stereocenters.